The summed E-state index contributed by atoms with van der Waals surface area (Å²) in [5.41, 5.74) is 3.05. The maximum atomic E-state index is 3.71. The Hall–Kier alpha value is -0.380. The summed E-state index contributed by atoms with van der Waals surface area (Å²) in [4.78, 5) is 5.19. The molecule has 3 rings (SSSR count). The smallest absolute Gasteiger partial charge is 0.0242 e. The van der Waals surface area contributed by atoms with Crippen molar-refractivity contribution in [2.24, 2.45) is 0 Å². The number of nitrogens with zero attached hydrogens (tertiary/aromatic N) is 2. The summed E-state index contributed by atoms with van der Waals surface area (Å²) in [6.45, 7) is 6.02. The van der Waals surface area contributed by atoms with E-state index in [1.807, 2.05) is 0 Å². The summed E-state index contributed by atoms with van der Waals surface area (Å²) in [7, 11) is 2.24. The van der Waals surface area contributed by atoms with Gasteiger partial charge >= 0.3 is 0 Å². The van der Waals surface area contributed by atoms with Crippen LogP contribution in [0, 0.1) is 0 Å². The minimum Gasteiger partial charge on any atom is -0.306 e. The van der Waals surface area contributed by atoms with Gasteiger partial charge < -0.3 is 4.90 Å². The molecule has 104 valence electrons. The zero-order chi connectivity index (χ0) is 13.4. The maximum absolute atomic E-state index is 3.71. The van der Waals surface area contributed by atoms with Crippen molar-refractivity contribution in [3.8, 4) is 0 Å². The molecule has 1 aromatic rings. The lowest BCUT2D eigenvalue weighted by molar-refractivity contribution is 0.0729. The van der Waals surface area contributed by atoms with Crippen LogP contribution in [-0.2, 0) is 13.0 Å². The highest BCUT2D eigenvalue weighted by Crippen LogP contribution is 2.32. The third-order valence-corrected chi connectivity index (χ3v) is 5.53. The van der Waals surface area contributed by atoms with E-state index in [0.717, 1.165) is 12.6 Å². The number of fused-ring (bicyclic) bond motifs is 1. The van der Waals surface area contributed by atoms with E-state index in [1.165, 1.54) is 48.0 Å². The maximum Gasteiger partial charge on any atom is 0.0242 e. The monoisotopic (exact) mass is 322 g/mol. The first-order chi connectivity index (χ1) is 9.15. The standard InChI is InChI=1S/C16H23BrN2/c1-12-10-15-13(4-3-5-16(15)17)11-19(12)14-6-8-18(2)9-7-14/h3-5,12,14H,6-11H2,1-2H3. The lowest BCUT2D eigenvalue weighted by Crippen LogP contribution is -2.49. The van der Waals surface area contributed by atoms with Crippen LogP contribution in [-0.4, -0.2) is 42.0 Å². The Labute approximate surface area is 124 Å². The molecule has 0 saturated carbocycles. The van der Waals surface area contributed by atoms with E-state index >= 15 is 0 Å². The Kier molecular flexibility index (Phi) is 3.97. The molecule has 0 aliphatic carbocycles. The highest BCUT2D eigenvalue weighted by Gasteiger charge is 2.31. The molecule has 2 nitrogen and oxygen atoms in total. The van der Waals surface area contributed by atoms with Crippen LogP contribution in [0.4, 0.5) is 0 Å². The van der Waals surface area contributed by atoms with Gasteiger partial charge in [0.15, 0.2) is 0 Å². The van der Waals surface area contributed by atoms with Crippen molar-refractivity contribution in [2.75, 3.05) is 20.1 Å². The Morgan fingerprint density at radius 1 is 1.21 bits per heavy atom. The van der Waals surface area contributed by atoms with E-state index in [4.69, 9.17) is 0 Å². The summed E-state index contributed by atoms with van der Waals surface area (Å²) in [5.74, 6) is 0. The van der Waals surface area contributed by atoms with Crippen molar-refractivity contribution in [2.45, 2.75) is 44.8 Å². The molecule has 3 heteroatoms. The van der Waals surface area contributed by atoms with Crippen LogP contribution in [0.3, 0.4) is 0 Å². The molecule has 0 radical (unpaired) electrons. The second-order valence-corrected chi connectivity index (χ2v) is 6.99. The van der Waals surface area contributed by atoms with Crippen LogP contribution in [0.15, 0.2) is 22.7 Å². The van der Waals surface area contributed by atoms with Gasteiger partial charge in [0.2, 0.25) is 0 Å². The fourth-order valence-corrected chi connectivity index (χ4v) is 4.13. The molecule has 1 saturated heterocycles. The number of likely N-dealkylation sites (tertiary alicyclic amines) is 1. The number of hydrogen-bond donors (Lipinski definition) is 0. The predicted molar refractivity (Wildman–Crippen MR) is 83.4 cm³/mol. The first kappa shape index (κ1) is 13.6. The molecule has 19 heavy (non-hydrogen) atoms. The summed E-state index contributed by atoms with van der Waals surface area (Å²) >= 11 is 3.71. The van der Waals surface area contributed by atoms with Crippen molar-refractivity contribution < 1.29 is 0 Å². The Balaban J connectivity index is 1.78. The average molecular weight is 323 g/mol. The van der Waals surface area contributed by atoms with Gasteiger partial charge in [0.1, 0.15) is 0 Å². The van der Waals surface area contributed by atoms with Gasteiger partial charge in [-0.2, -0.15) is 0 Å². The molecule has 0 aromatic heterocycles. The van der Waals surface area contributed by atoms with E-state index in [2.05, 4.69) is 57.9 Å². The van der Waals surface area contributed by atoms with E-state index < -0.39 is 0 Å². The van der Waals surface area contributed by atoms with Crippen LogP contribution in [0.2, 0.25) is 0 Å². The van der Waals surface area contributed by atoms with Crippen molar-refractivity contribution in [1.82, 2.24) is 9.80 Å². The Bertz CT molecular complexity index is 452. The summed E-state index contributed by atoms with van der Waals surface area (Å²) in [6, 6.07) is 8.09. The second-order valence-electron chi connectivity index (χ2n) is 6.14. The number of halogens is 1. The molecule has 1 atom stereocenters. The molecule has 2 heterocycles. The van der Waals surface area contributed by atoms with E-state index in [0.29, 0.717) is 6.04 Å². The molecular formula is C16H23BrN2. The normalized spacial score (nSPS) is 26.4. The van der Waals surface area contributed by atoms with Crippen molar-refractivity contribution >= 4 is 15.9 Å². The fraction of sp³-hybridized carbons (Fsp3) is 0.625. The lowest BCUT2D eigenvalue weighted by atomic mass is 9.91. The predicted octanol–water partition coefficient (Wildman–Crippen LogP) is 3.29. The third-order valence-electron chi connectivity index (χ3n) is 4.79. The first-order valence-corrected chi connectivity index (χ1v) is 8.15. The Morgan fingerprint density at radius 2 is 1.95 bits per heavy atom. The molecule has 0 spiro atoms. The molecule has 1 fully saturated rings. The highest BCUT2D eigenvalue weighted by molar-refractivity contribution is 9.10. The molecule has 1 aromatic carbocycles. The van der Waals surface area contributed by atoms with Gasteiger partial charge in [-0.3, -0.25) is 4.90 Å². The van der Waals surface area contributed by atoms with Gasteiger partial charge in [-0.05, 0) is 63.5 Å². The quantitative estimate of drug-likeness (QED) is 0.782. The van der Waals surface area contributed by atoms with Crippen molar-refractivity contribution in [1.29, 1.82) is 0 Å². The summed E-state index contributed by atoms with van der Waals surface area (Å²) in [6.07, 6.45) is 3.83. The highest BCUT2D eigenvalue weighted by atomic mass is 79.9. The molecule has 2 aliphatic rings. The van der Waals surface area contributed by atoms with Crippen LogP contribution in [0.25, 0.3) is 0 Å². The lowest BCUT2D eigenvalue weighted by Gasteiger charge is -2.43. The summed E-state index contributed by atoms with van der Waals surface area (Å²) in [5, 5.41) is 0. The number of piperidine rings is 1. The Morgan fingerprint density at radius 3 is 2.68 bits per heavy atom. The number of hydrogen-bond acceptors (Lipinski definition) is 2. The van der Waals surface area contributed by atoms with Crippen LogP contribution in [0.5, 0.6) is 0 Å². The van der Waals surface area contributed by atoms with Crippen molar-refractivity contribution in [3.63, 3.8) is 0 Å². The molecular weight excluding hydrogens is 300 g/mol. The largest absolute Gasteiger partial charge is 0.306 e. The molecule has 2 aliphatic heterocycles. The average Bonchev–Trinajstić information content (AvgIpc) is 2.40. The van der Waals surface area contributed by atoms with Gasteiger partial charge in [-0.15, -0.1) is 0 Å². The zero-order valence-electron chi connectivity index (χ0n) is 11.9. The van der Waals surface area contributed by atoms with Gasteiger partial charge in [0.25, 0.3) is 0 Å². The van der Waals surface area contributed by atoms with Crippen LogP contribution >= 0.6 is 15.9 Å². The van der Waals surface area contributed by atoms with E-state index in [9.17, 15) is 0 Å². The van der Waals surface area contributed by atoms with Crippen LogP contribution in [0.1, 0.15) is 30.9 Å². The number of benzene rings is 1. The first-order valence-electron chi connectivity index (χ1n) is 7.35. The van der Waals surface area contributed by atoms with Gasteiger partial charge in [0.05, 0.1) is 0 Å². The van der Waals surface area contributed by atoms with Crippen LogP contribution < -0.4 is 0 Å². The second kappa shape index (κ2) is 5.55. The molecule has 0 bridgehead atoms. The van der Waals surface area contributed by atoms with Gasteiger partial charge in [-0.1, -0.05) is 28.1 Å². The minimum absolute atomic E-state index is 0.666. The topological polar surface area (TPSA) is 6.48 Å². The fourth-order valence-electron chi connectivity index (χ4n) is 3.56. The van der Waals surface area contributed by atoms with E-state index in [-0.39, 0.29) is 0 Å². The summed E-state index contributed by atoms with van der Waals surface area (Å²) < 4.78 is 1.29. The zero-order valence-corrected chi connectivity index (χ0v) is 13.5. The number of rotatable bonds is 1. The van der Waals surface area contributed by atoms with E-state index in [1.54, 1.807) is 0 Å². The molecule has 1 unspecified atom stereocenters. The van der Waals surface area contributed by atoms with Crippen molar-refractivity contribution in [3.05, 3.63) is 33.8 Å². The third kappa shape index (κ3) is 2.74. The van der Waals surface area contributed by atoms with Gasteiger partial charge in [-0.25, -0.2) is 0 Å². The molecule has 0 amide bonds. The minimum atomic E-state index is 0.666. The molecule has 0 N–H and O–H groups in total. The van der Waals surface area contributed by atoms with Gasteiger partial charge in [0, 0.05) is 23.1 Å². The SMILES string of the molecule is CC1Cc2c(Br)cccc2CN1C1CCN(C)CC1.